The zero-order chi connectivity index (χ0) is 23.8. The van der Waals surface area contributed by atoms with Crippen LogP contribution in [0.4, 0.5) is 0 Å². The molecule has 34 heavy (non-hydrogen) atoms. The minimum atomic E-state index is -0.508. The Morgan fingerprint density at radius 2 is 1.79 bits per heavy atom. The largest absolute Gasteiger partial charge is 0.388 e. The van der Waals surface area contributed by atoms with Crippen molar-refractivity contribution in [3.05, 3.63) is 82.9 Å². The molecule has 1 fully saturated rings. The second-order valence-electron chi connectivity index (χ2n) is 8.67. The van der Waals surface area contributed by atoms with E-state index in [2.05, 4.69) is 35.2 Å². The molecular weight excluding hydrogens is 428 g/mol. The lowest BCUT2D eigenvalue weighted by molar-refractivity contribution is -0.117. The summed E-state index contributed by atoms with van der Waals surface area (Å²) in [6.45, 7) is 4.93. The Hall–Kier alpha value is -3.06. The Labute approximate surface area is 201 Å². The zero-order valence-electron chi connectivity index (χ0n) is 19.5. The van der Waals surface area contributed by atoms with E-state index in [4.69, 9.17) is 9.84 Å². The SMILES string of the molecule is O=C(/C=C/c1ccc(C(=O)N(CCC2=CCc3ccccc32)CCN2CCOCC2)cc1)CO. The van der Waals surface area contributed by atoms with Crippen LogP contribution >= 0.6 is 0 Å². The number of nitrogens with zero attached hydrogens (tertiary/aromatic N) is 2. The Morgan fingerprint density at radius 1 is 1.03 bits per heavy atom. The molecule has 2 aromatic carbocycles. The standard InChI is InChI=1S/C28H32N2O4/c31-21-26(32)12-7-22-5-8-25(9-6-22)28(33)30(16-15-29-17-19-34-20-18-29)14-13-24-11-10-23-3-1-2-4-27(23)24/h1-9,11-12,31H,10,13-21H2/b12-7+. The maximum absolute atomic E-state index is 13.4. The van der Waals surface area contributed by atoms with Crippen LogP contribution in [0.1, 0.15) is 33.5 Å². The van der Waals surface area contributed by atoms with Gasteiger partial charge in [-0.1, -0.05) is 48.6 Å². The second kappa shape index (κ2) is 11.9. The highest BCUT2D eigenvalue weighted by Gasteiger charge is 2.20. The quantitative estimate of drug-likeness (QED) is 0.552. The summed E-state index contributed by atoms with van der Waals surface area (Å²) in [4.78, 5) is 29.0. The maximum atomic E-state index is 13.4. The Kier molecular flexibility index (Phi) is 8.41. The highest BCUT2D eigenvalue weighted by Crippen LogP contribution is 2.29. The van der Waals surface area contributed by atoms with Crippen LogP contribution in [0, 0.1) is 0 Å². The average Bonchev–Trinajstić information content (AvgIpc) is 3.31. The number of ether oxygens (including phenoxy) is 1. The predicted octanol–water partition coefficient (Wildman–Crippen LogP) is 3.07. The molecule has 1 heterocycles. The summed E-state index contributed by atoms with van der Waals surface area (Å²) in [6, 6.07) is 15.7. The van der Waals surface area contributed by atoms with E-state index in [-0.39, 0.29) is 11.7 Å². The number of rotatable bonds is 10. The van der Waals surface area contributed by atoms with E-state index in [0.29, 0.717) is 18.7 Å². The highest BCUT2D eigenvalue weighted by atomic mass is 16.5. The summed E-state index contributed by atoms with van der Waals surface area (Å²) in [5.74, 6) is -0.334. The van der Waals surface area contributed by atoms with Gasteiger partial charge in [0.1, 0.15) is 6.61 Å². The minimum Gasteiger partial charge on any atom is -0.388 e. The Balaban J connectivity index is 1.43. The van der Waals surface area contributed by atoms with E-state index in [1.54, 1.807) is 18.2 Å². The van der Waals surface area contributed by atoms with Crippen LogP contribution in [0.2, 0.25) is 0 Å². The summed E-state index contributed by atoms with van der Waals surface area (Å²) >= 11 is 0. The van der Waals surface area contributed by atoms with Gasteiger partial charge in [-0.15, -0.1) is 0 Å². The monoisotopic (exact) mass is 460 g/mol. The van der Waals surface area contributed by atoms with Gasteiger partial charge in [-0.25, -0.2) is 0 Å². The van der Waals surface area contributed by atoms with Gasteiger partial charge in [0.15, 0.2) is 5.78 Å². The van der Waals surface area contributed by atoms with E-state index < -0.39 is 6.61 Å². The number of ketones is 1. The number of hydrogen-bond donors (Lipinski definition) is 1. The van der Waals surface area contributed by atoms with Gasteiger partial charge in [0, 0.05) is 38.3 Å². The number of fused-ring (bicyclic) bond motifs is 1. The van der Waals surface area contributed by atoms with Gasteiger partial charge in [0.2, 0.25) is 0 Å². The van der Waals surface area contributed by atoms with Crippen LogP contribution in [0.3, 0.4) is 0 Å². The fraction of sp³-hybridized carbons (Fsp3) is 0.357. The first-order chi connectivity index (χ1) is 16.6. The summed E-state index contributed by atoms with van der Waals surface area (Å²) in [7, 11) is 0. The number of hydrogen-bond acceptors (Lipinski definition) is 5. The lowest BCUT2D eigenvalue weighted by atomic mass is 10.0. The van der Waals surface area contributed by atoms with Crippen molar-refractivity contribution in [1.82, 2.24) is 9.80 Å². The van der Waals surface area contributed by atoms with E-state index in [1.165, 1.54) is 22.8 Å². The van der Waals surface area contributed by atoms with E-state index in [0.717, 1.165) is 51.3 Å². The lowest BCUT2D eigenvalue weighted by Crippen LogP contribution is -2.43. The molecule has 0 radical (unpaired) electrons. The van der Waals surface area contributed by atoms with Gasteiger partial charge in [-0.3, -0.25) is 14.5 Å². The van der Waals surface area contributed by atoms with Crippen LogP contribution in [0.25, 0.3) is 11.6 Å². The lowest BCUT2D eigenvalue weighted by Gasteiger charge is -2.30. The Bertz CT molecular complexity index is 1050. The van der Waals surface area contributed by atoms with Crippen molar-refractivity contribution < 1.29 is 19.4 Å². The number of morpholine rings is 1. The molecule has 1 aliphatic carbocycles. The molecule has 178 valence electrons. The molecule has 0 saturated carbocycles. The van der Waals surface area contributed by atoms with Crippen molar-refractivity contribution in [3.63, 3.8) is 0 Å². The molecule has 1 saturated heterocycles. The van der Waals surface area contributed by atoms with Gasteiger partial charge < -0.3 is 14.7 Å². The molecule has 0 atom stereocenters. The van der Waals surface area contributed by atoms with Crippen LogP contribution in [-0.4, -0.2) is 79.1 Å². The number of amides is 1. The van der Waals surface area contributed by atoms with Gasteiger partial charge in [-0.2, -0.15) is 0 Å². The summed E-state index contributed by atoms with van der Waals surface area (Å²) in [6.07, 6.45) is 7.06. The summed E-state index contributed by atoms with van der Waals surface area (Å²) < 4.78 is 5.45. The summed E-state index contributed by atoms with van der Waals surface area (Å²) in [5, 5.41) is 8.85. The van der Waals surface area contributed by atoms with Gasteiger partial charge in [0.05, 0.1) is 13.2 Å². The third-order valence-corrected chi connectivity index (χ3v) is 6.43. The first kappa shape index (κ1) is 24.1. The molecule has 0 unspecified atom stereocenters. The molecule has 6 heteroatoms. The van der Waals surface area contributed by atoms with Gasteiger partial charge in [0.25, 0.3) is 5.91 Å². The predicted molar refractivity (Wildman–Crippen MR) is 133 cm³/mol. The van der Waals surface area contributed by atoms with E-state index >= 15 is 0 Å². The van der Waals surface area contributed by atoms with Crippen LogP contribution < -0.4 is 0 Å². The molecule has 1 aliphatic heterocycles. The van der Waals surface area contributed by atoms with Crippen molar-refractivity contribution in [2.45, 2.75) is 12.8 Å². The van der Waals surface area contributed by atoms with Gasteiger partial charge >= 0.3 is 0 Å². The normalized spacial score (nSPS) is 15.9. The molecule has 0 aromatic heterocycles. The smallest absolute Gasteiger partial charge is 0.253 e. The topological polar surface area (TPSA) is 70.1 Å². The van der Waals surface area contributed by atoms with Crippen molar-refractivity contribution >= 4 is 23.3 Å². The fourth-order valence-electron chi connectivity index (χ4n) is 4.41. The fourth-order valence-corrected chi connectivity index (χ4v) is 4.41. The van der Waals surface area contributed by atoms with Crippen molar-refractivity contribution in [1.29, 1.82) is 0 Å². The van der Waals surface area contributed by atoms with Crippen LogP contribution in [-0.2, 0) is 16.0 Å². The molecule has 2 aliphatic rings. The molecule has 0 bridgehead atoms. The first-order valence-corrected chi connectivity index (χ1v) is 11.9. The molecule has 0 spiro atoms. The van der Waals surface area contributed by atoms with Crippen LogP contribution in [0.5, 0.6) is 0 Å². The summed E-state index contributed by atoms with van der Waals surface area (Å²) in [5.41, 5.74) is 5.41. The van der Waals surface area contributed by atoms with E-state index in [1.807, 2.05) is 17.0 Å². The van der Waals surface area contributed by atoms with Crippen molar-refractivity contribution in [2.75, 3.05) is 52.5 Å². The number of carbonyl (C=O) groups excluding carboxylic acids is 2. The molecule has 2 aromatic rings. The van der Waals surface area contributed by atoms with Gasteiger partial charge in [-0.05, 0) is 53.3 Å². The highest BCUT2D eigenvalue weighted by molar-refractivity contribution is 5.96. The van der Waals surface area contributed by atoms with Crippen molar-refractivity contribution in [2.24, 2.45) is 0 Å². The second-order valence-corrected chi connectivity index (χ2v) is 8.67. The van der Waals surface area contributed by atoms with Crippen LogP contribution in [0.15, 0.2) is 60.7 Å². The third-order valence-electron chi connectivity index (χ3n) is 6.43. The number of carbonyl (C=O) groups is 2. The van der Waals surface area contributed by atoms with Crippen molar-refractivity contribution in [3.8, 4) is 0 Å². The average molecular weight is 461 g/mol. The number of aliphatic hydroxyl groups excluding tert-OH is 1. The molecule has 1 amide bonds. The molecule has 1 N–H and O–H groups in total. The molecule has 4 rings (SSSR count). The molecular formula is C28H32N2O4. The first-order valence-electron chi connectivity index (χ1n) is 11.9. The number of benzene rings is 2. The maximum Gasteiger partial charge on any atom is 0.253 e. The molecule has 6 nitrogen and oxygen atoms in total. The van der Waals surface area contributed by atoms with E-state index in [9.17, 15) is 9.59 Å². The minimum absolute atomic E-state index is 0.0158. The Morgan fingerprint density at radius 3 is 2.56 bits per heavy atom. The number of aliphatic hydroxyl groups is 1. The zero-order valence-corrected chi connectivity index (χ0v) is 19.5. The third kappa shape index (κ3) is 6.29. The number of allylic oxidation sites excluding steroid dienone is 1.